The van der Waals surface area contributed by atoms with Gasteiger partial charge in [-0.25, -0.2) is 0 Å². The van der Waals surface area contributed by atoms with Crippen LogP contribution in [-0.2, 0) is 0 Å². The van der Waals surface area contributed by atoms with Crippen LogP contribution in [0.1, 0.15) is 10.4 Å². The topological polar surface area (TPSA) is 62.2 Å². The number of hydrogen-bond donors (Lipinski definition) is 2. The van der Waals surface area contributed by atoms with E-state index < -0.39 is 0 Å². The maximum absolute atomic E-state index is 11.6. The molecule has 0 aromatic carbocycles. The van der Waals surface area contributed by atoms with Gasteiger partial charge in [0.2, 0.25) is 0 Å². The molecule has 1 rings (SSSR count). The maximum atomic E-state index is 11.6. The minimum absolute atomic E-state index is 0.0984. The Labute approximate surface area is 98.8 Å². The molecular formula is C11H14N2O2S. The second-order valence-corrected chi connectivity index (χ2v) is 4.16. The van der Waals surface area contributed by atoms with Crippen molar-refractivity contribution in [2.45, 2.75) is 0 Å². The SMILES string of the molecule is C=CCSCCNC(=O)c1ccncc1O. The Kier molecular flexibility index (Phi) is 5.42. The van der Waals surface area contributed by atoms with Crippen molar-refractivity contribution in [1.29, 1.82) is 0 Å². The predicted molar refractivity (Wildman–Crippen MR) is 65.8 cm³/mol. The molecule has 16 heavy (non-hydrogen) atoms. The second-order valence-electron chi connectivity index (χ2n) is 3.01. The van der Waals surface area contributed by atoms with Gasteiger partial charge >= 0.3 is 0 Å². The Morgan fingerprint density at radius 3 is 3.19 bits per heavy atom. The summed E-state index contributed by atoms with van der Waals surface area (Å²) in [6.45, 7) is 4.17. The van der Waals surface area contributed by atoms with Gasteiger partial charge in [0.05, 0.1) is 11.8 Å². The number of aromatic hydroxyl groups is 1. The lowest BCUT2D eigenvalue weighted by atomic mass is 10.2. The zero-order valence-corrected chi connectivity index (χ0v) is 9.67. The molecule has 4 nitrogen and oxygen atoms in total. The van der Waals surface area contributed by atoms with E-state index in [9.17, 15) is 9.90 Å². The second kappa shape index (κ2) is 6.90. The number of pyridine rings is 1. The van der Waals surface area contributed by atoms with E-state index in [4.69, 9.17) is 0 Å². The van der Waals surface area contributed by atoms with Gasteiger partial charge in [-0.3, -0.25) is 9.78 Å². The van der Waals surface area contributed by atoms with Crippen LogP contribution in [-0.4, -0.2) is 34.0 Å². The fourth-order valence-corrected chi connectivity index (χ4v) is 1.66. The quantitative estimate of drug-likeness (QED) is 0.581. The van der Waals surface area contributed by atoms with Crippen molar-refractivity contribution in [2.24, 2.45) is 0 Å². The molecule has 0 aliphatic carbocycles. The fourth-order valence-electron chi connectivity index (χ4n) is 1.08. The largest absolute Gasteiger partial charge is 0.505 e. The Hall–Kier alpha value is -1.49. The van der Waals surface area contributed by atoms with E-state index in [1.807, 2.05) is 6.08 Å². The lowest BCUT2D eigenvalue weighted by Crippen LogP contribution is -2.25. The highest BCUT2D eigenvalue weighted by atomic mass is 32.2. The first-order chi connectivity index (χ1) is 7.75. The number of nitrogens with zero attached hydrogens (tertiary/aromatic N) is 1. The van der Waals surface area contributed by atoms with Gasteiger partial charge in [0, 0.05) is 24.2 Å². The summed E-state index contributed by atoms with van der Waals surface area (Å²) < 4.78 is 0. The van der Waals surface area contributed by atoms with E-state index in [0.717, 1.165) is 11.5 Å². The molecule has 2 N–H and O–H groups in total. The summed E-state index contributed by atoms with van der Waals surface area (Å²) in [5.41, 5.74) is 0.253. The maximum Gasteiger partial charge on any atom is 0.255 e. The highest BCUT2D eigenvalue weighted by molar-refractivity contribution is 7.99. The van der Waals surface area contributed by atoms with Gasteiger partial charge in [0.15, 0.2) is 0 Å². The third-order valence-electron chi connectivity index (χ3n) is 1.81. The Bertz CT molecular complexity index is 369. The van der Waals surface area contributed by atoms with Crippen LogP contribution in [0.4, 0.5) is 0 Å². The minimum Gasteiger partial charge on any atom is -0.505 e. The first kappa shape index (κ1) is 12.6. The van der Waals surface area contributed by atoms with Crippen molar-refractivity contribution in [3.05, 3.63) is 36.7 Å². The molecule has 0 fully saturated rings. The van der Waals surface area contributed by atoms with E-state index in [1.54, 1.807) is 11.8 Å². The number of aromatic nitrogens is 1. The number of thioether (sulfide) groups is 1. The lowest BCUT2D eigenvalue weighted by Gasteiger charge is -2.05. The molecule has 1 heterocycles. The molecule has 5 heteroatoms. The van der Waals surface area contributed by atoms with Crippen LogP contribution in [0.3, 0.4) is 0 Å². The smallest absolute Gasteiger partial charge is 0.255 e. The molecule has 0 saturated heterocycles. The number of amides is 1. The summed E-state index contributed by atoms with van der Waals surface area (Å²) in [6, 6.07) is 1.49. The molecule has 86 valence electrons. The third kappa shape index (κ3) is 3.94. The summed E-state index contributed by atoms with van der Waals surface area (Å²) in [5, 5.41) is 12.1. The average Bonchev–Trinajstić information content (AvgIpc) is 2.29. The van der Waals surface area contributed by atoms with Gasteiger partial charge in [-0.05, 0) is 6.07 Å². The van der Waals surface area contributed by atoms with Crippen molar-refractivity contribution in [2.75, 3.05) is 18.1 Å². The van der Waals surface area contributed by atoms with Crippen molar-refractivity contribution < 1.29 is 9.90 Å². The van der Waals surface area contributed by atoms with Gasteiger partial charge in [-0.15, -0.1) is 6.58 Å². The molecule has 1 aromatic rings. The molecule has 0 spiro atoms. The van der Waals surface area contributed by atoms with E-state index in [2.05, 4.69) is 16.9 Å². The normalized spacial score (nSPS) is 9.75. The van der Waals surface area contributed by atoms with Gasteiger partial charge in [-0.2, -0.15) is 11.8 Å². The number of rotatable bonds is 6. The van der Waals surface area contributed by atoms with Crippen molar-refractivity contribution >= 4 is 17.7 Å². The molecule has 0 aliphatic heterocycles. The van der Waals surface area contributed by atoms with Crippen LogP contribution < -0.4 is 5.32 Å². The Morgan fingerprint density at radius 2 is 2.50 bits per heavy atom. The molecular weight excluding hydrogens is 224 g/mol. The van der Waals surface area contributed by atoms with Crippen molar-refractivity contribution in [3.63, 3.8) is 0 Å². The molecule has 0 bridgehead atoms. The van der Waals surface area contributed by atoms with Crippen LogP contribution in [0.2, 0.25) is 0 Å². The van der Waals surface area contributed by atoms with Crippen LogP contribution in [0, 0.1) is 0 Å². The Morgan fingerprint density at radius 1 is 1.69 bits per heavy atom. The molecule has 0 unspecified atom stereocenters. The van der Waals surface area contributed by atoms with E-state index >= 15 is 0 Å². The molecule has 1 aromatic heterocycles. The standard InChI is InChI=1S/C11H14N2O2S/c1-2-6-16-7-5-13-11(15)9-3-4-12-8-10(9)14/h2-4,8,14H,1,5-7H2,(H,13,15). The number of nitrogens with one attached hydrogen (secondary N) is 1. The van der Waals surface area contributed by atoms with E-state index in [1.165, 1.54) is 18.5 Å². The highest BCUT2D eigenvalue weighted by Gasteiger charge is 2.09. The number of carbonyl (C=O) groups is 1. The minimum atomic E-state index is -0.279. The van der Waals surface area contributed by atoms with Crippen molar-refractivity contribution in [3.8, 4) is 5.75 Å². The van der Waals surface area contributed by atoms with E-state index in [-0.39, 0.29) is 17.2 Å². The van der Waals surface area contributed by atoms with Crippen LogP contribution in [0.5, 0.6) is 5.75 Å². The van der Waals surface area contributed by atoms with Crippen LogP contribution >= 0.6 is 11.8 Å². The molecule has 0 saturated carbocycles. The zero-order chi connectivity index (χ0) is 11.8. The summed E-state index contributed by atoms with van der Waals surface area (Å²) in [7, 11) is 0. The monoisotopic (exact) mass is 238 g/mol. The first-order valence-electron chi connectivity index (χ1n) is 4.85. The zero-order valence-electron chi connectivity index (χ0n) is 8.85. The summed E-state index contributed by atoms with van der Waals surface area (Å²) in [4.78, 5) is 15.3. The lowest BCUT2D eigenvalue weighted by molar-refractivity contribution is 0.0953. The van der Waals surface area contributed by atoms with Gasteiger partial charge in [-0.1, -0.05) is 6.08 Å². The average molecular weight is 238 g/mol. The van der Waals surface area contributed by atoms with Crippen molar-refractivity contribution in [1.82, 2.24) is 10.3 Å². The highest BCUT2D eigenvalue weighted by Crippen LogP contribution is 2.13. The van der Waals surface area contributed by atoms with E-state index in [0.29, 0.717) is 6.54 Å². The molecule has 0 radical (unpaired) electrons. The number of hydrogen-bond acceptors (Lipinski definition) is 4. The fraction of sp³-hybridized carbons (Fsp3) is 0.273. The summed E-state index contributed by atoms with van der Waals surface area (Å²) in [6.07, 6.45) is 4.55. The predicted octanol–water partition coefficient (Wildman–Crippen LogP) is 1.44. The Balaban J connectivity index is 2.36. The van der Waals surface area contributed by atoms with Gasteiger partial charge < -0.3 is 10.4 Å². The van der Waals surface area contributed by atoms with Gasteiger partial charge in [0.1, 0.15) is 5.75 Å². The molecule has 0 aliphatic rings. The summed E-state index contributed by atoms with van der Waals surface area (Å²) in [5.74, 6) is 1.32. The van der Waals surface area contributed by atoms with Gasteiger partial charge in [0.25, 0.3) is 5.91 Å². The number of carbonyl (C=O) groups excluding carboxylic acids is 1. The van der Waals surface area contributed by atoms with Crippen LogP contribution in [0.15, 0.2) is 31.1 Å². The molecule has 1 amide bonds. The van der Waals surface area contributed by atoms with Crippen LogP contribution in [0.25, 0.3) is 0 Å². The summed E-state index contributed by atoms with van der Waals surface area (Å²) >= 11 is 1.69. The molecule has 0 atom stereocenters. The third-order valence-corrected chi connectivity index (χ3v) is 2.78. The first-order valence-corrected chi connectivity index (χ1v) is 6.01.